The van der Waals surface area contributed by atoms with Gasteiger partial charge in [-0.15, -0.1) is 11.3 Å². The summed E-state index contributed by atoms with van der Waals surface area (Å²) in [6, 6.07) is 3.55. The molecule has 0 atom stereocenters. The number of thiophene rings is 1. The maximum absolute atomic E-state index is 8.70. The normalized spacial score (nSPS) is 10.6. The highest BCUT2D eigenvalue weighted by atomic mass is 35.5. The van der Waals surface area contributed by atoms with Gasteiger partial charge >= 0.3 is 0 Å². The average molecular weight is 217 g/mol. The number of hydrogen-bond acceptors (Lipinski definition) is 5. The molecule has 2 aromatic rings. The molecule has 0 amide bonds. The summed E-state index contributed by atoms with van der Waals surface area (Å²) in [4.78, 5) is 4.74. The van der Waals surface area contributed by atoms with Crippen LogP contribution in [0.5, 0.6) is 0 Å². The molecule has 2 aromatic heterocycles. The Morgan fingerprint density at radius 2 is 2.38 bits per heavy atom. The van der Waals surface area contributed by atoms with Gasteiger partial charge in [0.15, 0.2) is 5.82 Å². The standard InChI is InChI=1S/C7H5ClN2O2S/c8-5-2-1-4(13-5)7-9-6(3-11)10-12-7/h1-2,11H,3H2. The van der Waals surface area contributed by atoms with Gasteiger partial charge in [-0.1, -0.05) is 16.8 Å². The van der Waals surface area contributed by atoms with Crippen molar-refractivity contribution < 1.29 is 9.63 Å². The fourth-order valence-electron chi connectivity index (χ4n) is 0.848. The van der Waals surface area contributed by atoms with E-state index in [9.17, 15) is 0 Å². The lowest BCUT2D eigenvalue weighted by atomic mass is 10.5. The van der Waals surface area contributed by atoms with Gasteiger partial charge in [-0.05, 0) is 12.1 Å². The predicted octanol–water partition coefficient (Wildman–Crippen LogP) is 1.94. The maximum Gasteiger partial charge on any atom is 0.268 e. The fourth-order valence-corrected chi connectivity index (χ4v) is 1.81. The Hall–Kier alpha value is -0.910. The quantitative estimate of drug-likeness (QED) is 0.834. The number of nitrogens with zero attached hydrogens (tertiary/aromatic N) is 2. The minimum Gasteiger partial charge on any atom is -0.388 e. The third-order valence-corrected chi connectivity index (χ3v) is 2.61. The Morgan fingerprint density at radius 1 is 1.54 bits per heavy atom. The number of rotatable bonds is 2. The van der Waals surface area contributed by atoms with E-state index in [4.69, 9.17) is 21.2 Å². The molecule has 0 bridgehead atoms. The third-order valence-electron chi connectivity index (χ3n) is 1.39. The number of aliphatic hydroxyl groups excluding tert-OH is 1. The monoisotopic (exact) mass is 216 g/mol. The summed E-state index contributed by atoms with van der Waals surface area (Å²) in [5, 5.41) is 12.2. The molecule has 6 heteroatoms. The van der Waals surface area contributed by atoms with E-state index in [1.807, 2.05) is 0 Å². The van der Waals surface area contributed by atoms with Crippen LogP contribution in [0.1, 0.15) is 5.82 Å². The molecule has 0 aromatic carbocycles. The number of aliphatic hydroxyl groups is 1. The van der Waals surface area contributed by atoms with E-state index < -0.39 is 0 Å². The zero-order valence-corrected chi connectivity index (χ0v) is 7.97. The van der Waals surface area contributed by atoms with E-state index in [2.05, 4.69) is 10.1 Å². The molecule has 2 heterocycles. The molecule has 0 spiro atoms. The highest BCUT2D eigenvalue weighted by Gasteiger charge is 2.09. The maximum atomic E-state index is 8.70. The number of halogens is 1. The van der Waals surface area contributed by atoms with Crippen LogP contribution in [0.2, 0.25) is 4.34 Å². The van der Waals surface area contributed by atoms with Crippen LogP contribution in [0.4, 0.5) is 0 Å². The first-order chi connectivity index (χ1) is 6.29. The lowest BCUT2D eigenvalue weighted by Gasteiger charge is -1.82. The summed E-state index contributed by atoms with van der Waals surface area (Å²) in [6.07, 6.45) is 0. The van der Waals surface area contributed by atoms with Crippen LogP contribution in [-0.2, 0) is 6.61 Å². The Balaban J connectivity index is 2.35. The van der Waals surface area contributed by atoms with Crippen molar-refractivity contribution in [3.05, 3.63) is 22.3 Å². The van der Waals surface area contributed by atoms with Gasteiger partial charge in [0.2, 0.25) is 0 Å². The molecule has 0 aliphatic rings. The van der Waals surface area contributed by atoms with Crippen molar-refractivity contribution in [1.29, 1.82) is 0 Å². The molecular weight excluding hydrogens is 212 g/mol. The van der Waals surface area contributed by atoms with Crippen molar-refractivity contribution in [2.24, 2.45) is 0 Å². The van der Waals surface area contributed by atoms with Crippen LogP contribution in [0.3, 0.4) is 0 Å². The SMILES string of the molecule is OCc1noc(-c2ccc(Cl)s2)n1. The Kier molecular flexibility index (Phi) is 2.30. The molecule has 1 N–H and O–H groups in total. The van der Waals surface area contributed by atoms with Gasteiger partial charge in [0, 0.05) is 0 Å². The van der Waals surface area contributed by atoms with Crippen LogP contribution in [0, 0.1) is 0 Å². The summed E-state index contributed by atoms with van der Waals surface area (Å²) in [7, 11) is 0. The smallest absolute Gasteiger partial charge is 0.268 e. The molecule has 0 aliphatic carbocycles. The van der Waals surface area contributed by atoms with E-state index in [0.717, 1.165) is 4.88 Å². The zero-order chi connectivity index (χ0) is 9.26. The molecule has 0 saturated heterocycles. The van der Waals surface area contributed by atoms with Gasteiger partial charge in [0.1, 0.15) is 6.61 Å². The van der Waals surface area contributed by atoms with Crippen LogP contribution >= 0.6 is 22.9 Å². The molecule has 4 nitrogen and oxygen atoms in total. The summed E-state index contributed by atoms with van der Waals surface area (Å²) >= 11 is 7.08. The van der Waals surface area contributed by atoms with E-state index >= 15 is 0 Å². The Morgan fingerprint density at radius 3 is 2.92 bits per heavy atom. The summed E-state index contributed by atoms with van der Waals surface area (Å²) < 4.78 is 5.55. The van der Waals surface area contributed by atoms with Crippen LogP contribution in [-0.4, -0.2) is 15.2 Å². The van der Waals surface area contributed by atoms with Crippen molar-refractivity contribution in [3.8, 4) is 10.8 Å². The van der Waals surface area contributed by atoms with Crippen LogP contribution < -0.4 is 0 Å². The van der Waals surface area contributed by atoms with Crippen LogP contribution in [0.15, 0.2) is 16.7 Å². The number of hydrogen-bond donors (Lipinski definition) is 1. The second-order valence-corrected chi connectivity index (χ2v) is 3.99. The van der Waals surface area contributed by atoms with Crippen molar-refractivity contribution >= 4 is 22.9 Å². The molecule has 0 unspecified atom stereocenters. The molecule has 13 heavy (non-hydrogen) atoms. The molecule has 0 aliphatic heterocycles. The van der Waals surface area contributed by atoms with Crippen molar-refractivity contribution in [1.82, 2.24) is 10.1 Å². The molecule has 2 rings (SSSR count). The minimum absolute atomic E-state index is 0.220. The lowest BCUT2D eigenvalue weighted by Crippen LogP contribution is -1.83. The van der Waals surface area contributed by atoms with Gasteiger partial charge in [0.05, 0.1) is 9.21 Å². The van der Waals surface area contributed by atoms with Gasteiger partial charge < -0.3 is 9.63 Å². The van der Waals surface area contributed by atoms with Gasteiger partial charge in [-0.25, -0.2) is 0 Å². The van der Waals surface area contributed by atoms with E-state index in [-0.39, 0.29) is 12.4 Å². The highest BCUT2D eigenvalue weighted by molar-refractivity contribution is 7.19. The zero-order valence-electron chi connectivity index (χ0n) is 6.40. The third kappa shape index (κ3) is 1.72. The van der Waals surface area contributed by atoms with E-state index in [0.29, 0.717) is 10.2 Å². The average Bonchev–Trinajstić information content (AvgIpc) is 2.71. The molecule has 0 saturated carbocycles. The molecule has 0 radical (unpaired) electrons. The topological polar surface area (TPSA) is 59.2 Å². The van der Waals surface area contributed by atoms with Gasteiger partial charge in [-0.2, -0.15) is 4.98 Å². The largest absolute Gasteiger partial charge is 0.388 e. The summed E-state index contributed by atoms with van der Waals surface area (Å²) in [6.45, 7) is -0.220. The first kappa shape index (κ1) is 8.68. The Labute approximate surface area is 82.8 Å². The first-order valence-corrected chi connectivity index (χ1v) is 4.68. The van der Waals surface area contributed by atoms with Gasteiger partial charge in [-0.3, -0.25) is 0 Å². The summed E-state index contributed by atoms with van der Waals surface area (Å²) in [5.74, 6) is 0.667. The number of aromatic nitrogens is 2. The van der Waals surface area contributed by atoms with E-state index in [1.165, 1.54) is 11.3 Å². The van der Waals surface area contributed by atoms with E-state index in [1.54, 1.807) is 12.1 Å². The fraction of sp³-hybridized carbons (Fsp3) is 0.143. The minimum atomic E-state index is -0.220. The summed E-state index contributed by atoms with van der Waals surface area (Å²) in [5.41, 5.74) is 0. The second-order valence-electron chi connectivity index (χ2n) is 2.28. The van der Waals surface area contributed by atoms with Crippen molar-refractivity contribution in [2.45, 2.75) is 6.61 Å². The molecule has 68 valence electrons. The Bertz CT molecular complexity index is 412. The second kappa shape index (κ2) is 3.45. The first-order valence-electron chi connectivity index (χ1n) is 3.49. The molecular formula is C7H5ClN2O2S. The van der Waals surface area contributed by atoms with Crippen LogP contribution in [0.25, 0.3) is 10.8 Å². The predicted molar refractivity (Wildman–Crippen MR) is 48.5 cm³/mol. The van der Waals surface area contributed by atoms with Crippen molar-refractivity contribution in [2.75, 3.05) is 0 Å². The van der Waals surface area contributed by atoms with Gasteiger partial charge in [0.25, 0.3) is 5.89 Å². The highest BCUT2D eigenvalue weighted by Crippen LogP contribution is 2.29. The lowest BCUT2D eigenvalue weighted by molar-refractivity contribution is 0.264. The molecule has 0 fully saturated rings. The van der Waals surface area contributed by atoms with Crippen molar-refractivity contribution in [3.63, 3.8) is 0 Å².